The smallest absolute Gasteiger partial charge is 0.372 e. The van der Waals surface area contributed by atoms with E-state index < -0.39 is 41.4 Å². The summed E-state index contributed by atoms with van der Waals surface area (Å²) >= 11 is 4.92. The number of esters is 1. The highest BCUT2D eigenvalue weighted by Gasteiger charge is 2.59. The van der Waals surface area contributed by atoms with E-state index in [0.29, 0.717) is 5.06 Å². The van der Waals surface area contributed by atoms with Crippen LogP contribution in [0.3, 0.4) is 0 Å². The fourth-order valence-electron chi connectivity index (χ4n) is 2.40. The Morgan fingerprint density at radius 2 is 2.20 bits per heavy atom. The Morgan fingerprint density at radius 1 is 1.52 bits per heavy atom. The van der Waals surface area contributed by atoms with Crippen molar-refractivity contribution in [3.8, 4) is 0 Å². The summed E-state index contributed by atoms with van der Waals surface area (Å²) in [6.45, 7) is -0.337. The standard InChI is InChI=1S/C13H14FN3O7S/c14-4-2-6(9(15)19)10(25)16-7-5-23-17(11(7)20)13(12(21)22)3-1-8(18)24-13/h2,4,6-7H,1,3,5H2,(H2,15,19)(H,16,25)(H,21,22)/t6?,7-,13?/m0/s1. The number of thiocarbonyl (C=S) groups is 1. The van der Waals surface area contributed by atoms with E-state index in [1.807, 2.05) is 0 Å². The molecule has 12 heteroatoms. The van der Waals surface area contributed by atoms with Crippen LogP contribution in [0.4, 0.5) is 4.39 Å². The fraction of sp³-hybridized carbons (Fsp3) is 0.462. The minimum Gasteiger partial charge on any atom is -0.477 e. The Labute approximate surface area is 145 Å². The van der Waals surface area contributed by atoms with E-state index in [1.54, 1.807) is 0 Å². The van der Waals surface area contributed by atoms with Gasteiger partial charge in [-0.1, -0.05) is 12.2 Å². The molecule has 0 spiro atoms. The second kappa shape index (κ2) is 7.11. The SMILES string of the molecule is NC(=O)C(C=CF)C(=S)N[C@H]1CON(C2(C(=O)O)CCC(=O)O2)C1=O. The molecule has 3 atom stereocenters. The number of carboxylic acids is 1. The minimum absolute atomic E-state index is 0.0834. The van der Waals surface area contributed by atoms with Crippen molar-refractivity contribution in [2.45, 2.75) is 24.6 Å². The van der Waals surface area contributed by atoms with E-state index in [4.69, 9.17) is 27.5 Å². The number of nitrogens with two attached hydrogens (primary N) is 1. The number of hydroxylamine groups is 2. The Kier molecular flexibility index (Phi) is 5.33. The molecule has 0 aromatic carbocycles. The minimum atomic E-state index is -2.26. The molecule has 2 aliphatic heterocycles. The van der Waals surface area contributed by atoms with Crippen molar-refractivity contribution >= 4 is 41.0 Å². The quantitative estimate of drug-likeness (QED) is 0.382. The van der Waals surface area contributed by atoms with Gasteiger partial charge >= 0.3 is 17.7 Å². The number of amides is 2. The number of carbonyl (C=O) groups is 4. The van der Waals surface area contributed by atoms with Crippen molar-refractivity contribution in [3.05, 3.63) is 12.4 Å². The maximum atomic E-state index is 12.4. The summed E-state index contributed by atoms with van der Waals surface area (Å²) in [5.74, 6) is -5.45. The van der Waals surface area contributed by atoms with Crippen LogP contribution in [0.5, 0.6) is 0 Å². The molecule has 4 N–H and O–H groups in total. The molecule has 25 heavy (non-hydrogen) atoms. The number of hydrogen-bond donors (Lipinski definition) is 3. The van der Waals surface area contributed by atoms with Gasteiger partial charge in [-0.25, -0.2) is 9.18 Å². The topological polar surface area (TPSA) is 148 Å². The Morgan fingerprint density at radius 3 is 2.68 bits per heavy atom. The van der Waals surface area contributed by atoms with Crippen LogP contribution in [0.2, 0.25) is 0 Å². The van der Waals surface area contributed by atoms with Gasteiger partial charge in [0.15, 0.2) is 0 Å². The number of ether oxygens (including phenoxy) is 1. The summed E-state index contributed by atoms with van der Waals surface area (Å²) in [7, 11) is 0. The molecule has 2 rings (SSSR count). The molecule has 2 saturated heterocycles. The molecule has 0 radical (unpaired) electrons. The lowest BCUT2D eigenvalue weighted by atomic mass is 10.1. The molecule has 2 amide bonds. The summed E-state index contributed by atoms with van der Waals surface area (Å²) in [6, 6.07) is -1.15. The normalized spacial score (nSPS) is 27.4. The maximum Gasteiger partial charge on any atom is 0.372 e. The molecular weight excluding hydrogens is 361 g/mol. The molecule has 0 aliphatic carbocycles. The van der Waals surface area contributed by atoms with Crippen LogP contribution in [0, 0.1) is 5.92 Å². The lowest BCUT2D eigenvalue weighted by Gasteiger charge is -2.30. The summed E-state index contributed by atoms with van der Waals surface area (Å²) in [4.78, 5) is 51.3. The zero-order valence-corrected chi connectivity index (χ0v) is 13.5. The molecule has 10 nitrogen and oxygen atoms in total. The molecule has 2 heterocycles. The number of nitrogens with zero attached hydrogens (tertiary/aromatic N) is 1. The first-order chi connectivity index (χ1) is 11.7. The van der Waals surface area contributed by atoms with Crippen LogP contribution >= 0.6 is 12.2 Å². The van der Waals surface area contributed by atoms with Crippen LogP contribution in [0.1, 0.15) is 12.8 Å². The number of primary amides is 1. The number of carbonyl (C=O) groups excluding carboxylic acids is 3. The van der Waals surface area contributed by atoms with Gasteiger partial charge in [-0.05, 0) is 6.08 Å². The average Bonchev–Trinajstić information content (AvgIpc) is 3.09. The van der Waals surface area contributed by atoms with E-state index in [-0.39, 0.29) is 30.8 Å². The van der Waals surface area contributed by atoms with Crippen molar-refractivity contribution in [2.24, 2.45) is 11.7 Å². The monoisotopic (exact) mass is 375 g/mol. The zero-order valence-electron chi connectivity index (χ0n) is 12.6. The third-order valence-corrected chi connectivity index (χ3v) is 4.02. The maximum absolute atomic E-state index is 12.4. The van der Waals surface area contributed by atoms with Gasteiger partial charge in [0, 0.05) is 6.42 Å². The number of hydrogen-bond acceptors (Lipinski definition) is 7. The highest BCUT2D eigenvalue weighted by atomic mass is 32.1. The molecule has 0 aromatic rings. The van der Waals surface area contributed by atoms with Crippen molar-refractivity contribution in [1.29, 1.82) is 0 Å². The van der Waals surface area contributed by atoms with Crippen molar-refractivity contribution in [3.63, 3.8) is 0 Å². The third kappa shape index (κ3) is 3.44. The van der Waals surface area contributed by atoms with Gasteiger partial charge in [-0.3, -0.25) is 19.2 Å². The number of halogens is 1. The van der Waals surface area contributed by atoms with Gasteiger partial charge < -0.3 is 20.9 Å². The molecule has 0 bridgehead atoms. The molecule has 136 valence electrons. The first-order valence-electron chi connectivity index (χ1n) is 7.01. The summed E-state index contributed by atoms with van der Waals surface area (Å²) < 4.78 is 17.1. The van der Waals surface area contributed by atoms with E-state index >= 15 is 0 Å². The van der Waals surface area contributed by atoms with E-state index in [0.717, 1.165) is 6.08 Å². The first kappa shape index (κ1) is 18.7. The fourth-order valence-corrected chi connectivity index (χ4v) is 2.74. The average molecular weight is 375 g/mol. The Hall–Kier alpha value is -2.60. The van der Waals surface area contributed by atoms with E-state index in [9.17, 15) is 28.7 Å². The number of cyclic esters (lactones) is 1. The highest BCUT2D eigenvalue weighted by Crippen LogP contribution is 2.34. The second-order valence-corrected chi connectivity index (χ2v) is 5.69. The van der Waals surface area contributed by atoms with E-state index in [1.165, 1.54) is 0 Å². The second-order valence-electron chi connectivity index (χ2n) is 5.25. The predicted octanol–water partition coefficient (Wildman–Crippen LogP) is -1.25. The van der Waals surface area contributed by atoms with Crippen molar-refractivity contribution in [1.82, 2.24) is 10.4 Å². The predicted molar refractivity (Wildman–Crippen MR) is 80.9 cm³/mol. The summed E-state index contributed by atoms with van der Waals surface area (Å²) in [6.07, 6.45) is 0.410. The molecule has 0 saturated carbocycles. The van der Waals surface area contributed by atoms with Crippen molar-refractivity contribution in [2.75, 3.05) is 6.61 Å². The largest absolute Gasteiger partial charge is 0.477 e. The first-order valence-corrected chi connectivity index (χ1v) is 7.42. The van der Waals surface area contributed by atoms with Crippen molar-refractivity contribution < 1.29 is 38.2 Å². The number of carboxylic acid groups (broad SMARTS) is 1. The Balaban J connectivity index is 2.14. The summed E-state index contributed by atoms with van der Waals surface area (Å²) in [5.41, 5.74) is 2.83. The Bertz CT molecular complexity index is 670. The zero-order chi connectivity index (χ0) is 18.8. The summed E-state index contributed by atoms with van der Waals surface area (Å²) in [5, 5.41) is 12.3. The number of aliphatic carboxylic acids is 1. The lowest BCUT2D eigenvalue weighted by Crippen LogP contribution is -2.57. The van der Waals surface area contributed by atoms with Crippen LogP contribution in [0.15, 0.2) is 12.4 Å². The molecular formula is C13H14FN3O7S. The van der Waals surface area contributed by atoms with Gasteiger partial charge in [0.05, 0.1) is 17.7 Å². The number of nitrogens with one attached hydrogen (secondary N) is 1. The molecule has 2 fully saturated rings. The van der Waals surface area contributed by atoms with Crippen LogP contribution < -0.4 is 11.1 Å². The molecule has 2 unspecified atom stereocenters. The van der Waals surface area contributed by atoms with Gasteiger partial charge in [0.25, 0.3) is 5.91 Å². The molecule has 0 aromatic heterocycles. The van der Waals surface area contributed by atoms with Crippen LogP contribution in [0.25, 0.3) is 0 Å². The van der Waals surface area contributed by atoms with E-state index in [2.05, 4.69) is 5.32 Å². The van der Waals surface area contributed by atoms with Crippen LogP contribution in [-0.4, -0.2) is 57.3 Å². The third-order valence-electron chi connectivity index (χ3n) is 3.65. The number of rotatable bonds is 6. The molecule has 2 aliphatic rings. The highest BCUT2D eigenvalue weighted by molar-refractivity contribution is 7.80. The van der Waals surface area contributed by atoms with Gasteiger partial charge in [0.2, 0.25) is 5.91 Å². The van der Waals surface area contributed by atoms with Gasteiger partial charge in [0.1, 0.15) is 18.6 Å². The lowest BCUT2D eigenvalue weighted by molar-refractivity contribution is -0.256. The van der Waals surface area contributed by atoms with Gasteiger partial charge in [-0.15, -0.1) is 0 Å². The van der Waals surface area contributed by atoms with Crippen LogP contribution in [-0.2, 0) is 28.8 Å². The van der Waals surface area contributed by atoms with Gasteiger partial charge in [-0.2, -0.15) is 5.06 Å².